The van der Waals surface area contributed by atoms with Gasteiger partial charge in [0.25, 0.3) is 0 Å². The fourth-order valence-electron chi connectivity index (χ4n) is 2.56. The molecule has 0 bridgehead atoms. The molecule has 0 aliphatic heterocycles. The molecule has 1 aromatic heterocycles. The Hall–Kier alpha value is -0.780. The number of fused-ring (bicyclic) bond motifs is 1. The number of phenols is 1. The average Bonchev–Trinajstić information content (AvgIpc) is 2.55. The predicted octanol–water partition coefficient (Wildman–Crippen LogP) is 4.26. The second-order valence-electron chi connectivity index (χ2n) is 5.32. The van der Waals surface area contributed by atoms with E-state index in [4.69, 9.17) is 11.6 Å². The van der Waals surface area contributed by atoms with E-state index in [1.165, 1.54) is 0 Å². The zero-order chi connectivity index (χ0) is 15.9. The summed E-state index contributed by atoms with van der Waals surface area (Å²) in [6.45, 7) is 9.13. The van der Waals surface area contributed by atoms with E-state index >= 15 is 0 Å². The maximum atomic E-state index is 10.3. The molecule has 0 atom stereocenters. The van der Waals surface area contributed by atoms with Crippen LogP contribution < -0.4 is 5.32 Å². The molecule has 2 N–H and O–H groups in total. The molecule has 0 fully saturated rings. The minimum absolute atomic E-state index is 0. The van der Waals surface area contributed by atoms with Gasteiger partial charge in [-0.3, -0.25) is 4.98 Å². The third-order valence-electron chi connectivity index (χ3n) is 3.93. The minimum atomic E-state index is 0. The van der Waals surface area contributed by atoms with Gasteiger partial charge >= 0.3 is 0 Å². The maximum absolute atomic E-state index is 10.3. The van der Waals surface area contributed by atoms with Gasteiger partial charge in [0.2, 0.25) is 0 Å². The lowest BCUT2D eigenvalue weighted by molar-refractivity contribution is 0.298. The van der Waals surface area contributed by atoms with Gasteiger partial charge in [0.15, 0.2) is 0 Å². The Labute approximate surface area is 161 Å². The van der Waals surface area contributed by atoms with Crippen LogP contribution in [-0.4, -0.2) is 41.2 Å². The first kappa shape index (κ1) is 23.2. The van der Waals surface area contributed by atoms with Gasteiger partial charge in [-0.25, -0.2) is 0 Å². The molecule has 0 radical (unpaired) electrons. The highest BCUT2D eigenvalue weighted by atomic mass is 35.5. The van der Waals surface area contributed by atoms with Gasteiger partial charge in [0.05, 0.1) is 5.02 Å². The van der Waals surface area contributed by atoms with Gasteiger partial charge in [-0.1, -0.05) is 25.4 Å². The zero-order valence-corrected chi connectivity index (χ0v) is 16.5. The van der Waals surface area contributed by atoms with Crippen LogP contribution in [0.2, 0.25) is 5.02 Å². The lowest BCUT2D eigenvalue weighted by Crippen LogP contribution is -2.27. The van der Waals surface area contributed by atoms with Crippen LogP contribution in [0.4, 0.5) is 0 Å². The summed E-state index contributed by atoms with van der Waals surface area (Å²) in [5, 5.41) is 15.1. The lowest BCUT2D eigenvalue weighted by Gasteiger charge is -2.17. The summed E-state index contributed by atoms with van der Waals surface area (Å²) in [6, 6.07) is 5.50. The molecule has 2 rings (SSSR count). The fourth-order valence-corrected chi connectivity index (χ4v) is 2.85. The summed E-state index contributed by atoms with van der Waals surface area (Å²) in [6.07, 6.45) is 2.75. The normalized spacial score (nSPS) is 10.5. The Morgan fingerprint density at radius 2 is 1.96 bits per heavy atom. The quantitative estimate of drug-likeness (QED) is 0.657. The Bertz CT molecular complexity index is 621. The van der Waals surface area contributed by atoms with Crippen molar-refractivity contribution in [3.8, 4) is 5.75 Å². The van der Waals surface area contributed by atoms with Gasteiger partial charge in [-0.05, 0) is 50.8 Å². The van der Waals surface area contributed by atoms with E-state index in [-0.39, 0.29) is 30.6 Å². The highest BCUT2D eigenvalue weighted by Crippen LogP contribution is 2.32. The highest BCUT2D eigenvalue weighted by molar-refractivity contribution is 6.35. The zero-order valence-electron chi connectivity index (χ0n) is 14.1. The number of aromatic hydroxyl groups is 1. The predicted molar refractivity (Wildman–Crippen MR) is 107 cm³/mol. The van der Waals surface area contributed by atoms with Crippen molar-refractivity contribution in [2.75, 3.05) is 26.2 Å². The second kappa shape index (κ2) is 11.7. The molecule has 24 heavy (non-hydrogen) atoms. The summed E-state index contributed by atoms with van der Waals surface area (Å²) in [5.41, 5.74) is 1.36. The first-order valence-electron chi connectivity index (χ1n) is 7.85. The molecule has 0 amide bonds. The molecule has 136 valence electrons. The Kier molecular flexibility index (Phi) is 11.3. The van der Waals surface area contributed by atoms with E-state index in [0.717, 1.165) is 43.5 Å². The van der Waals surface area contributed by atoms with E-state index in [1.807, 2.05) is 18.2 Å². The van der Waals surface area contributed by atoms with Crippen LogP contribution in [-0.2, 0) is 6.54 Å². The van der Waals surface area contributed by atoms with Crippen molar-refractivity contribution < 1.29 is 5.11 Å². The summed E-state index contributed by atoms with van der Waals surface area (Å²) in [5.74, 6) is 0.219. The molecule has 0 spiro atoms. The molecule has 7 heteroatoms. The van der Waals surface area contributed by atoms with Crippen molar-refractivity contribution in [2.24, 2.45) is 0 Å². The standard InChI is InChI=1S/C17H24ClN3O.2ClH/c1-3-21(4-2)10-6-8-19-12-13-11-15(18)14-7-5-9-20-16(14)17(13)22;;/h5,7,9,11,19,22H,3-4,6,8,10,12H2,1-2H3;2*1H. The number of aromatic nitrogens is 1. The number of halogens is 3. The third-order valence-corrected chi connectivity index (χ3v) is 4.24. The molecule has 0 saturated heterocycles. The number of nitrogens with zero attached hydrogens (tertiary/aromatic N) is 2. The third kappa shape index (κ3) is 5.94. The molecular weight excluding hydrogens is 369 g/mol. The van der Waals surface area contributed by atoms with Crippen LogP contribution in [0.1, 0.15) is 25.8 Å². The largest absolute Gasteiger partial charge is 0.505 e. The summed E-state index contributed by atoms with van der Waals surface area (Å²) < 4.78 is 0. The minimum Gasteiger partial charge on any atom is -0.505 e. The van der Waals surface area contributed by atoms with E-state index in [9.17, 15) is 5.11 Å². The second-order valence-corrected chi connectivity index (χ2v) is 5.73. The van der Waals surface area contributed by atoms with Crippen molar-refractivity contribution in [1.29, 1.82) is 0 Å². The first-order valence-corrected chi connectivity index (χ1v) is 8.23. The van der Waals surface area contributed by atoms with Crippen LogP contribution in [0, 0.1) is 0 Å². The smallest absolute Gasteiger partial charge is 0.146 e. The Morgan fingerprint density at radius 3 is 2.62 bits per heavy atom. The molecule has 1 aromatic carbocycles. The molecule has 0 unspecified atom stereocenters. The van der Waals surface area contributed by atoms with E-state index in [0.29, 0.717) is 17.1 Å². The monoisotopic (exact) mass is 393 g/mol. The van der Waals surface area contributed by atoms with Gasteiger partial charge < -0.3 is 15.3 Å². The van der Waals surface area contributed by atoms with Crippen LogP contribution >= 0.6 is 36.4 Å². The number of pyridine rings is 1. The van der Waals surface area contributed by atoms with E-state index in [1.54, 1.807) is 6.20 Å². The molecule has 0 saturated carbocycles. The SMILES string of the molecule is CCN(CC)CCCNCc1cc(Cl)c2cccnc2c1O.Cl.Cl. The Morgan fingerprint density at radius 1 is 1.25 bits per heavy atom. The van der Waals surface area contributed by atoms with Crippen molar-refractivity contribution in [1.82, 2.24) is 15.2 Å². The molecule has 0 aliphatic rings. The number of benzene rings is 1. The summed E-state index contributed by atoms with van der Waals surface area (Å²) in [7, 11) is 0. The fraction of sp³-hybridized carbons (Fsp3) is 0.471. The maximum Gasteiger partial charge on any atom is 0.146 e. The summed E-state index contributed by atoms with van der Waals surface area (Å²) in [4.78, 5) is 6.62. The number of hydrogen-bond acceptors (Lipinski definition) is 4. The highest BCUT2D eigenvalue weighted by Gasteiger charge is 2.10. The molecular formula is C17H26Cl3N3O. The number of phenolic OH excluding ortho intramolecular Hbond substituents is 1. The number of hydrogen-bond donors (Lipinski definition) is 2. The number of rotatable bonds is 8. The lowest BCUT2D eigenvalue weighted by atomic mass is 10.1. The Balaban J connectivity index is 0.00000264. The number of nitrogens with one attached hydrogen (secondary N) is 1. The van der Waals surface area contributed by atoms with Gasteiger partial charge in [-0.15, -0.1) is 24.8 Å². The van der Waals surface area contributed by atoms with Gasteiger partial charge in [-0.2, -0.15) is 0 Å². The van der Waals surface area contributed by atoms with Gasteiger partial charge in [0, 0.05) is 23.7 Å². The first-order chi connectivity index (χ1) is 10.7. The van der Waals surface area contributed by atoms with Crippen molar-refractivity contribution in [3.63, 3.8) is 0 Å². The molecule has 0 aliphatic carbocycles. The average molecular weight is 395 g/mol. The van der Waals surface area contributed by atoms with Crippen LogP contribution in [0.3, 0.4) is 0 Å². The van der Waals surface area contributed by atoms with Crippen LogP contribution in [0.5, 0.6) is 5.75 Å². The molecule has 1 heterocycles. The van der Waals surface area contributed by atoms with Crippen molar-refractivity contribution >= 4 is 47.3 Å². The topological polar surface area (TPSA) is 48.4 Å². The van der Waals surface area contributed by atoms with E-state index < -0.39 is 0 Å². The van der Waals surface area contributed by atoms with Crippen LogP contribution in [0.25, 0.3) is 10.9 Å². The molecule has 2 aromatic rings. The summed E-state index contributed by atoms with van der Waals surface area (Å²) >= 11 is 6.27. The van der Waals surface area contributed by atoms with Crippen molar-refractivity contribution in [3.05, 3.63) is 35.0 Å². The van der Waals surface area contributed by atoms with E-state index in [2.05, 4.69) is 29.0 Å². The van der Waals surface area contributed by atoms with Crippen molar-refractivity contribution in [2.45, 2.75) is 26.8 Å². The molecule has 4 nitrogen and oxygen atoms in total. The van der Waals surface area contributed by atoms with Gasteiger partial charge in [0.1, 0.15) is 11.3 Å². The van der Waals surface area contributed by atoms with Crippen LogP contribution in [0.15, 0.2) is 24.4 Å².